The number of methoxy groups -OCH3 is 1. The van der Waals surface area contributed by atoms with Crippen molar-refractivity contribution in [1.82, 2.24) is 4.98 Å². The van der Waals surface area contributed by atoms with Gasteiger partial charge in [-0.2, -0.15) is 5.26 Å². The number of hydrogen-bond acceptors (Lipinski definition) is 6. The number of nitrogens with zero attached hydrogens (tertiary/aromatic N) is 3. The number of anilines is 3. The Hall–Kier alpha value is -3.07. The van der Waals surface area contributed by atoms with Crippen molar-refractivity contribution < 1.29 is 9.53 Å². The van der Waals surface area contributed by atoms with Crippen LogP contribution in [0.4, 0.5) is 17.3 Å². The van der Waals surface area contributed by atoms with Gasteiger partial charge in [0.1, 0.15) is 23.5 Å². The molecule has 0 aliphatic carbocycles. The summed E-state index contributed by atoms with van der Waals surface area (Å²) in [6.07, 6.45) is 0. The summed E-state index contributed by atoms with van der Waals surface area (Å²) < 4.78 is 5.11. The van der Waals surface area contributed by atoms with Crippen molar-refractivity contribution in [3.63, 3.8) is 0 Å². The van der Waals surface area contributed by atoms with Gasteiger partial charge in [-0.25, -0.2) is 4.98 Å². The number of carbonyl (C=O) groups excluding carboxylic acids is 1. The SMILES string of the molecule is COc1ccc(N2CC(=O)c3cc(C#N)c(N)nc32)cc1. The zero-order valence-electron chi connectivity index (χ0n) is 11.3. The van der Waals surface area contributed by atoms with Gasteiger partial charge in [-0.05, 0) is 30.3 Å². The quantitative estimate of drug-likeness (QED) is 0.902. The first-order valence-electron chi connectivity index (χ1n) is 6.29. The minimum Gasteiger partial charge on any atom is -0.497 e. The Morgan fingerprint density at radius 1 is 1.38 bits per heavy atom. The molecular formula is C15H12N4O2. The lowest BCUT2D eigenvalue weighted by atomic mass is 10.1. The molecule has 0 radical (unpaired) electrons. The molecule has 0 fully saturated rings. The predicted molar refractivity (Wildman–Crippen MR) is 77.7 cm³/mol. The Labute approximate surface area is 121 Å². The minimum absolute atomic E-state index is 0.0789. The first-order chi connectivity index (χ1) is 10.1. The summed E-state index contributed by atoms with van der Waals surface area (Å²) in [5.41, 5.74) is 7.21. The number of pyridine rings is 1. The average Bonchev–Trinajstić information content (AvgIpc) is 2.82. The molecule has 0 unspecified atom stereocenters. The smallest absolute Gasteiger partial charge is 0.186 e. The van der Waals surface area contributed by atoms with Crippen LogP contribution in [-0.4, -0.2) is 24.4 Å². The van der Waals surface area contributed by atoms with Gasteiger partial charge in [0.25, 0.3) is 0 Å². The molecule has 6 nitrogen and oxygen atoms in total. The molecule has 0 bridgehead atoms. The van der Waals surface area contributed by atoms with Crippen LogP contribution < -0.4 is 15.4 Å². The summed E-state index contributed by atoms with van der Waals surface area (Å²) in [5, 5.41) is 8.97. The minimum atomic E-state index is -0.0789. The number of nitriles is 1. The van der Waals surface area contributed by atoms with Crippen molar-refractivity contribution >= 4 is 23.1 Å². The Morgan fingerprint density at radius 2 is 2.10 bits per heavy atom. The van der Waals surface area contributed by atoms with Gasteiger partial charge in [-0.15, -0.1) is 0 Å². The second kappa shape index (κ2) is 4.80. The molecule has 6 heteroatoms. The number of benzene rings is 1. The maximum absolute atomic E-state index is 12.1. The summed E-state index contributed by atoms with van der Waals surface area (Å²) in [6, 6.07) is 10.8. The highest BCUT2D eigenvalue weighted by Crippen LogP contribution is 2.35. The molecule has 0 saturated carbocycles. The second-order valence-electron chi connectivity index (χ2n) is 4.61. The molecule has 1 aliphatic heterocycles. The fraction of sp³-hybridized carbons (Fsp3) is 0.133. The number of Topliss-reactive ketones (excluding diaryl/α,β-unsaturated/α-hetero) is 1. The second-order valence-corrected chi connectivity index (χ2v) is 4.61. The van der Waals surface area contributed by atoms with Crippen LogP contribution in [0.5, 0.6) is 5.75 Å². The van der Waals surface area contributed by atoms with Crippen LogP contribution in [-0.2, 0) is 0 Å². The number of ether oxygens (including phenoxy) is 1. The van der Waals surface area contributed by atoms with E-state index in [1.165, 1.54) is 6.07 Å². The number of nitrogens with two attached hydrogens (primary N) is 1. The molecule has 104 valence electrons. The molecule has 2 N–H and O–H groups in total. The molecular weight excluding hydrogens is 268 g/mol. The highest BCUT2D eigenvalue weighted by atomic mass is 16.5. The third kappa shape index (κ3) is 2.05. The maximum Gasteiger partial charge on any atom is 0.186 e. The lowest BCUT2D eigenvalue weighted by molar-refractivity contribution is 0.101. The molecule has 2 heterocycles. The van der Waals surface area contributed by atoms with Gasteiger partial charge in [-0.3, -0.25) is 4.79 Å². The van der Waals surface area contributed by atoms with Crippen LogP contribution in [0.3, 0.4) is 0 Å². The van der Waals surface area contributed by atoms with E-state index in [1.807, 2.05) is 30.3 Å². The van der Waals surface area contributed by atoms with Gasteiger partial charge in [0, 0.05) is 5.69 Å². The fourth-order valence-electron chi connectivity index (χ4n) is 2.30. The number of ketones is 1. The summed E-state index contributed by atoms with van der Waals surface area (Å²) in [5.74, 6) is 1.27. The largest absolute Gasteiger partial charge is 0.497 e. The Bertz CT molecular complexity index is 762. The van der Waals surface area contributed by atoms with Gasteiger partial charge in [0.05, 0.1) is 24.8 Å². The molecule has 1 aromatic carbocycles. The van der Waals surface area contributed by atoms with Gasteiger partial charge >= 0.3 is 0 Å². The first kappa shape index (κ1) is 12.9. The van der Waals surface area contributed by atoms with Crippen LogP contribution >= 0.6 is 0 Å². The Kier molecular flexibility index (Phi) is 2.95. The van der Waals surface area contributed by atoms with Crippen molar-refractivity contribution in [1.29, 1.82) is 5.26 Å². The number of fused-ring (bicyclic) bond motifs is 1. The Balaban J connectivity index is 2.07. The van der Waals surface area contributed by atoms with E-state index >= 15 is 0 Å². The highest BCUT2D eigenvalue weighted by molar-refractivity contribution is 6.10. The fourth-order valence-corrected chi connectivity index (χ4v) is 2.30. The third-order valence-electron chi connectivity index (χ3n) is 3.39. The van der Waals surface area contributed by atoms with E-state index in [9.17, 15) is 4.79 Å². The van der Waals surface area contributed by atoms with Crippen molar-refractivity contribution in [2.45, 2.75) is 0 Å². The number of carbonyl (C=O) groups is 1. The van der Waals surface area contributed by atoms with E-state index in [-0.39, 0.29) is 23.7 Å². The molecule has 1 aromatic heterocycles. The molecule has 2 aromatic rings. The van der Waals surface area contributed by atoms with Crippen molar-refractivity contribution in [3.8, 4) is 11.8 Å². The standard InChI is InChI=1S/C15H12N4O2/c1-21-11-4-2-10(3-5-11)19-8-13(20)12-6-9(7-16)14(17)18-15(12)19/h2-6H,8H2,1H3,(H2,17,18). The molecule has 0 saturated heterocycles. The van der Waals surface area contributed by atoms with Crippen LogP contribution in [0, 0.1) is 11.3 Å². The van der Waals surface area contributed by atoms with E-state index in [0.717, 1.165) is 11.4 Å². The van der Waals surface area contributed by atoms with Crippen molar-refractivity contribution in [3.05, 3.63) is 41.5 Å². The number of rotatable bonds is 2. The summed E-state index contributed by atoms with van der Waals surface area (Å²) in [6.45, 7) is 0.184. The third-order valence-corrected chi connectivity index (χ3v) is 3.39. The lowest BCUT2D eigenvalue weighted by Gasteiger charge is -2.18. The van der Waals surface area contributed by atoms with E-state index in [2.05, 4.69) is 4.98 Å². The zero-order chi connectivity index (χ0) is 15.0. The monoisotopic (exact) mass is 280 g/mol. The average molecular weight is 280 g/mol. The molecule has 21 heavy (non-hydrogen) atoms. The summed E-state index contributed by atoms with van der Waals surface area (Å²) in [4.78, 5) is 18.1. The molecule has 3 rings (SSSR count). The number of nitrogen functional groups attached to an aromatic ring is 1. The molecule has 0 spiro atoms. The van der Waals surface area contributed by atoms with Gasteiger partial charge in [0.15, 0.2) is 5.78 Å². The van der Waals surface area contributed by atoms with E-state index in [1.54, 1.807) is 12.0 Å². The van der Waals surface area contributed by atoms with Crippen molar-refractivity contribution in [2.24, 2.45) is 0 Å². The van der Waals surface area contributed by atoms with E-state index < -0.39 is 0 Å². The molecule has 0 atom stereocenters. The van der Waals surface area contributed by atoms with Gasteiger partial charge in [-0.1, -0.05) is 0 Å². The van der Waals surface area contributed by atoms with Crippen LogP contribution in [0.15, 0.2) is 30.3 Å². The number of hydrogen-bond donors (Lipinski definition) is 1. The van der Waals surface area contributed by atoms with E-state index in [0.29, 0.717) is 11.4 Å². The van der Waals surface area contributed by atoms with Crippen LogP contribution in [0.25, 0.3) is 0 Å². The van der Waals surface area contributed by atoms with E-state index in [4.69, 9.17) is 15.7 Å². The topological polar surface area (TPSA) is 92.2 Å². The summed E-state index contributed by atoms with van der Waals surface area (Å²) >= 11 is 0. The van der Waals surface area contributed by atoms with Gasteiger partial charge in [0.2, 0.25) is 0 Å². The zero-order valence-corrected chi connectivity index (χ0v) is 11.3. The molecule has 1 aliphatic rings. The normalized spacial score (nSPS) is 13.0. The first-order valence-corrected chi connectivity index (χ1v) is 6.29. The van der Waals surface area contributed by atoms with Crippen molar-refractivity contribution in [2.75, 3.05) is 24.3 Å². The summed E-state index contributed by atoms with van der Waals surface area (Å²) in [7, 11) is 1.59. The van der Waals surface area contributed by atoms with Crippen LogP contribution in [0.2, 0.25) is 0 Å². The highest BCUT2D eigenvalue weighted by Gasteiger charge is 2.30. The number of aromatic nitrogens is 1. The Morgan fingerprint density at radius 3 is 2.71 bits per heavy atom. The lowest BCUT2D eigenvalue weighted by Crippen LogP contribution is -2.17. The van der Waals surface area contributed by atoms with Gasteiger partial charge < -0.3 is 15.4 Å². The molecule has 0 amide bonds. The van der Waals surface area contributed by atoms with Crippen LogP contribution in [0.1, 0.15) is 15.9 Å². The predicted octanol–water partition coefficient (Wildman–Crippen LogP) is 1.88. The maximum atomic E-state index is 12.1.